The summed E-state index contributed by atoms with van der Waals surface area (Å²) in [7, 11) is 1.93. The number of hydrogen-bond acceptors (Lipinski definition) is 3. The van der Waals surface area contributed by atoms with Crippen molar-refractivity contribution in [2.24, 2.45) is 7.05 Å². The van der Waals surface area contributed by atoms with E-state index in [1.54, 1.807) is 0 Å². The van der Waals surface area contributed by atoms with Crippen LogP contribution in [0.25, 0.3) is 0 Å². The zero-order valence-corrected chi connectivity index (χ0v) is 15.8. The number of nitrogens with one attached hydrogen (secondary N) is 1. The number of aromatic nitrogens is 3. The highest BCUT2D eigenvalue weighted by atomic mass is 32.1. The van der Waals surface area contributed by atoms with Crippen LogP contribution in [-0.2, 0) is 11.8 Å². The predicted molar refractivity (Wildman–Crippen MR) is 101 cm³/mol. The van der Waals surface area contributed by atoms with Crippen molar-refractivity contribution in [2.45, 2.75) is 44.4 Å². The Hall–Kier alpha value is -1.95. The largest absolute Gasteiger partial charge is 0.342 e. The Bertz CT molecular complexity index is 767. The van der Waals surface area contributed by atoms with Gasteiger partial charge in [0.1, 0.15) is 5.82 Å². The van der Waals surface area contributed by atoms with Crippen LogP contribution in [-0.4, -0.2) is 38.7 Å². The van der Waals surface area contributed by atoms with Gasteiger partial charge < -0.3 is 9.47 Å². The third-order valence-electron chi connectivity index (χ3n) is 5.24. The van der Waals surface area contributed by atoms with E-state index >= 15 is 0 Å². The van der Waals surface area contributed by atoms with Crippen molar-refractivity contribution in [2.75, 3.05) is 13.1 Å². The number of carbonyl (C=O) groups excluding carboxylic acids is 1. The van der Waals surface area contributed by atoms with E-state index in [2.05, 4.69) is 29.3 Å². The molecular weight excluding hydrogens is 332 g/mol. The quantitative estimate of drug-likeness (QED) is 0.828. The van der Waals surface area contributed by atoms with Crippen LogP contribution in [0.5, 0.6) is 0 Å². The standard InChI is InChI=1S/C19H26N4OS/c1-3-14(15-8-5-4-6-9-15)12-17(24)23-11-7-10-16(13-23)18-20-21-19(25)22(18)2/h4-6,8-9,14,16H,3,7,10-13H2,1-2H3,(H,21,25)/t14-,16-/m1/s1. The molecule has 0 unspecified atom stereocenters. The van der Waals surface area contributed by atoms with Crippen LogP contribution < -0.4 is 0 Å². The fourth-order valence-electron chi connectivity index (χ4n) is 3.70. The van der Waals surface area contributed by atoms with Crippen LogP contribution in [0.4, 0.5) is 0 Å². The van der Waals surface area contributed by atoms with E-state index in [-0.39, 0.29) is 17.7 Å². The Morgan fingerprint density at radius 1 is 1.40 bits per heavy atom. The molecule has 0 bridgehead atoms. The number of H-pyrrole nitrogens is 1. The number of rotatable bonds is 5. The minimum atomic E-state index is 0.247. The molecule has 1 aromatic heterocycles. The first-order chi connectivity index (χ1) is 12.1. The van der Waals surface area contributed by atoms with Gasteiger partial charge >= 0.3 is 0 Å². The van der Waals surface area contributed by atoms with Crippen molar-refractivity contribution in [1.82, 2.24) is 19.7 Å². The highest BCUT2D eigenvalue weighted by molar-refractivity contribution is 7.71. The molecule has 134 valence electrons. The van der Waals surface area contributed by atoms with Crippen molar-refractivity contribution in [1.29, 1.82) is 0 Å². The summed E-state index contributed by atoms with van der Waals surface area (Å²) in [5, 5.41) is 7.22. The Morgan fingerprint density at radius 3 is 2.80 bits per heavy atom. The van der Waals surface area contributed by atoms with Crippen molar-refractivity contribution in [3.05, 3.63) is 46.5 Å². The summed E-state index contributed by atoms with van der Waals surface area (Å²) >= 11 is 5.22. The van der Waals surface area contributed by atoms with Crippen LogP contribution >= 0.6 is 12.2 Å². The van der Waals surface area contributed by atoms with Gasteiger partial charge in [-0.05, 0) is 43.0 Å². The number of hydrogen-bond donors (Lipinski definition) is 1. The highest BCUT2D eigenvalue weighted by Gasteiger charge is 2.28. The molecule has 1 amide bonds. The van der Waals surface area contributed by atoms with Crippen molar-refractivity contribution in [3.63, 3.8) is 0 Å². The molecule has 1 fully saturated rings. The van der Waals surface area contributed by atoms with Crippen LogP contribution in [0.3, 0.4) is 0 Å². The molecule has 6 heteroatoms. The van der Waals surface area contributed by atoms with Gasteiger partial charge in [0.05, 0.1) is 0 Å². The zero-order valence-electron chi connectivity index (χ0n) is 14.9. The van der Waals surface area contributed by atoms with E-state index in [4.69, 9.17) is 12.2 Å². The maximum Gasteiger partial charge on any atom is 0.223 e. The lowest BCUT2D eigenvalue weighted by Gasteiger charge is -2.33. The second-order valence-electron chi connectivity index (χ2n) is 6.84. The molecule has 2 aromatic rings. The first-order valence-corrected chi connectivity index (χ1v) is 9.45. The van der Waals surface area contributed by atoms with Crippen LogP contribution in [0, 0.1) is 4.77 Å². The molecule has 1 saturated heterocycles. The Labute approximate surface area is 154 Å². The molecule has 3 rings (SSSR count). The first-order valence-electron chi connectivity index (χ1n) is 9.04. The molecule has 0 saturated carbocycles. The van der Waals surface area contributed by atoms with Gasteiger partial charge in [-0.15, -0.1) is 0 Å². The molecule has 2 atom stereocenters. The second-order valence-corrected chi connectivity index (χ2v) is 7.23. The second kappa shape index (κ2) is 7.95. The number of likely N-dealkylation sites (tertiary alicyclic amines) is 1. The molecular formula is C19H26N4OS. The minimum absolute atomic E-state index is 0.247. The summed E-state index contributed by atoms with van der Waals surface area (Å²) in [4.78, 5) is 14.9. The van der Waals surface area contributed by atoms with Gasteiger partial charge in [-0.1, -0.05) is 37.3 Å². The molecule has 2 heterocycles. The monoisotopic (exact) mass is 358 g/mol. The number of amides is 1. The fraction of sp³-hybridized carbons (Fsp3) is 0.526. The summed E-state index contributed by atoms with van der Waals surface area (Å²) in [6, 6.07) is 10.3. The Balaban J connectivity index is 1.67. The molecule has 0 radical (unpaired) electrons. The summed E-state index contributed by atoms with van der Waals surface area (Å²) < 4.78 is 2.56. The van der Waals surface area contributed by atoms with Crippen LogP contribution in [0.1, 0.15) is 55.8 Å². The average Bonchev–Trinajstić information content (AvgIpc) is 2.99. The molecule has 0 aliphatic carbocycles. The number of nitrogens with zero attached hydrogens (tertiary/aromatic N) is 3. The van der Waals surface area contributed by atoms with Gasteiger partial charge in [0.15, 0.2) is 4.77 Å². The lowest BCUT2D eigenvalue weighted by atomic mass is 9.91. The Morgan fingerprint density at radius 2 is 2.16 bits per heavy atom. The van der Waals surface area contributed by atoms with Crippen molar-refractivity contribution in [3.8, 4) is 0 Å². The average molecular weight is 359 g/mol. The van der Waals surface area contributed by atoms with Crippen molar-refractivity contribution >= 4 is 18.1 Å². The van der Waals surface area contributed by atoms with Gasteiger partial charge in [-0.25, -0.2) is 0 Å². The minimum Gasteiger partial charge on any atom is -0.342 e. The maximum absolute atomic E-state index is 12.9. The van der Waals surface area contributed by atoms with Gasteiger partial charge in [-0.3, -0.25) is 9.89 Å². The summed E-state index contributed by atoms with van der Waals surface area (Å²) in [6.45, 7) is 3.73. The third kappa shape index (κ3) is 4.00. The van der Waals surface area contributed by atoms with Crippen LogP contribution in [0.15, 0.2) is 30.3 Å². The van der Waals surface area contributed by atoms with E-state index < -0.39 is 0 Å². The summed E-state index contributed by atoms with van der Waals surface area (Å²) in [5.41, 5.74) is 1.25. The Kier molecular flexibility index (Phi) is 5.68. The van der Waals surface area contributed by atoms with E-state index in [1.807, 2.05) is 34.7 Å². The van der Waals surface area contributed by atoms with E-state index in [0.717, 1.165) is 38.2 Å². The molecule has 5 nitrogen and oxygen atoms in total. The molecule has 1 aliphatic rings. The SMILES string of the molecule is CC[C@H](CC(=O)N1CCC[C@@H](c2n[nH]c(=S)n2C)C1)c1ccccc1. The van der Waals surface area contributed by atoms with Gasteiger partial charge in [0, 0.05) is 32.5 Å². The van der Waals surface area contributed by atoms with Crippen molar-refractivity contribution < 1.29 is 4.79 Å². The van der Waals surface area contributed by atoms with Gasteiger partial charge in [-0.2, -0.15) is 5.10 Å². The van der Waals surface area contributed by atoms with Gasteiger partial charge in [0.2, 0.25) is 5.91 Å². The number of aromatic amines is 1. The molecule has 1 aliphatic heterocycles. The summed E-state index contributed by atoms with van der Waals surface area (Å²) in [5.74, 6) is 1.75. The fourth-order valence-corrected chi connectivity index (χ4v) is 3.84. The van der Waals surface area contributed by atoms with Gasteiger partial charge in [0.25, 0.3) is 0 Å². The van der Waals surface area contributed by atoms with Crippen LogP contribution in [0.2, 0.25) is 0 Å². The maximum atomic E-state index is 12.9. The molecule has 0 spiro atoms. The number of benzene rings is 1. The topological polar surface area (TPSA) is 53.9 Å². The first kappa shape index (κ1) is 17.9. The smallest absolute Gasteiger partial charge is 0.223 e. The van der Waals surface area contributed by atoms with E-state index in [1.165, 1.54) is 5.56 Å². The van der Waals surface area contributed by atoms with E-state index in [9.17, 15) is 4.79 Å². The highest BCUT2D eigenvalue weighted by Crippen LogP contribution is 2.28. The van der Waals surface area contributed by atoms with E-state index in [0.29, 0.717) is 11.2 Å². The zero-order chi connectivity index (χ0) is 17.8. The number of carbonyl (C=O) groups is 1. The lowest BCUT2D eigenvalue weighted by molar-refractivity contribution is -0.132. The number of piperidine rings is 1. The lowest BCUT2D eigenvalue weighted by Crippen LogP contribution is -2.40. The molecule has 1 N–H and O–H groups in total. The molecule has 1 aromatic carbocycles. The molecule has 25 heavy (non-hydrogen) atoms. The normalized spacial score (nSPS) is 19.0. The summed E-state index contributed by atoms with van der Waals surface area (Å²) in [6.07, 6.45) is 3.61. The third-order valence-corrected chi connectivity index (χ3v) is 5.60. The predicted octanol–water partition coefficient (Wildman–Crippen LogP) is 3.77.